The fourth-order valence-electron chi connectivity index (χ4n) is 1.74. The second kappa shape index (κ2) is 3.90. The number of rotatable bonds is 2. The monoisotopic (exact) mass is 221 g/mol. The summed E-state index contributed by atoms with van der Waals surface area (Å²) in [6.07, 6.45) is -0.187. The van der Waals surface area contributed by atoms with E-state index < -0.39 is 4.92 Å². The van der Waals surface area contributed by atoms with E-state index in [1.165, 1.54) is 12.1 Å². The summed E-state index contributed by atoms with van der Waals surface area (Å²) in [7, 11) is 1.82. The van der Waals surface area contributed by atoms with E-state index in [0.29, 0.717) is 6.54 Å². The van der Waals surface area contributed by atoms with Gasteiger partial charge in [0.25, 0.3) is 5.69 Å². The number of hydrogen-bond donors (Lipinski definition) is 1. The summed E-state index contributed by atoms with van der Waals surface area (Å²) in [5.74, 6) is -0.0362. The molecular formula is C10H11N3O3. The average Bonchev–Trinajstić information content (AvgIpc) is 2.58. The van der Waals surface area contributed by atoms with E-state index in [9.17, 15) is 14.9 Å². The van der Waals surface area contributed by atoms with Crippen LogP contribution >= 0.6 is 0 Å². The number of hydrogen-bond acceptors (Lipinski definition) is 4. The first-order valence-corrected chi connectivity index (χ1v) is 4.82. The molecule has 1 atom stereocenters. The van der Waals surface area contributed by atoms with Crippen LogP contribution in [0.25, 0.3) is 0 Å². The minimum atomic E-state index is -0.444. The molecule has 1 amide bonds. The van der Waals surface area contributed by atoms with Gasteiger partial charge in [-0.05, 0) is 24.7 Å². The highest BCUT2D eigenvalue weighted by molar-refractivity contribution is 5.80. The fourth-order valence-corrected chi connectivity index (χ4v) is 1.74. The second-order valence-electron chi connectivity index (χ2n) is 3.73. The lowest BCUT2D eigenvalue weighted by atomic mass is 10.1. The summed E-state index contributed by atoms with van der Waals surface area (Å²) >= 11 is 0. The van der Waals surface area contributed by atoms with Crippen molar-refractivity contribution in [1.82, 2.24) is 10.2 Å². The van der Waals surface area contributed by atoms with Gasteiger partial charge in [0.1, 0.15) is 6.17 Å². The number of nitrogens with zero attached hydrogens (tertiary/aromatic N) is 2. The minimum Gasteiger partial charge on any atom is -0.335 e. The highest BCUT2D eigenvalue weighted by Crippen LogP contribution is 2.22. The molecule has 0 saturated carbocycles. The van der Waals surface area contributed by atoms with Crippen molar-refractivity contribution in [1.29, 1.82) is 0 Å². The molecule has 1 aromatic rings. The van der Waals surface area contributed by atoms with E-state index in [-0.39, 0.29) is 17.8 Å². The second-order valence-corrected chi connectivity index (χ2v) is 3.73. The van der Waals surface area contributed by atoms with Crippen LogP contribution in [0, 0.1) is 10.1 Å². The van der Waals surface area contributed by atoms with Gasteiger partial charge in [0, 0.05) is 12.1 Å². The molecule has 0 aliphatic carbocycles. The average molecular weight is 221 g/mol. The Morgan fingerprint density at radius 2 is 2.06 bits per heavy atom. The number of benzene rings is 1. The lowest BCUT2D eigenvalue weighted by Crippen LogP contribution is -2.24. The quantitative estimate of drug-likeness (QED) is 0.587. The number of nitro groups is 1. The van der Waals surface area contributed by atoms with Gasteiger partial charge in [-0.3, -0.25) is 19.8 Å². The van der Waals surface area contributed by atoms with Crippen LogP contribution in [-0.4, -0.2) is 29.3 Å². The van der Waals surface area contributed by atoms with E-state index in [4.69, 9.17) is 0 Å². The largest absolute Gasteiger partial charge is 0.335 e. The van der Waals surface area contributed by atoms with E-state index in [1.807, 2.05) is 11.9 Å². The normalized spacial score (nSPS) is 20.8. The standard InChI is InChI=1S/C10H11N3O3/c1-12-6-9(14)11-10(12)7-2-4-8(5-3-7)13(15)16/h2-5,10H,6H2,1H3,(H,11,14). The van der Waals surface area contributed by atoms with Gasteiger partial charge in [-0.25, -0.2) is 0 Å². The van der Waals surface area contributed by atoms with E-state index in [1.54, 1.807) is 12.1 Å². The summed E-state index contributed by atoms with van der Waals surface area (Å²) in [5.41, 5.74) is 0.898. The van der Waals surface area contributed by atoms with Crippen molar-refractivity contribution in [3.8, 4) is 0 Å². The Morgan fingerprint density at radius 1 is 1.44 bits per heavy atom. The molecule has 0 spiro atoms. The van der Waals surface area contributed by atoms with Gasteiger partial charge >= 0.3 is 0 Å². The maximum Gasteiger partial charge on any atom is 0.269 e. The van der Waals surface area contributed by atoms with Crippen LogP contribution in [-0.2, 0) is 4.79 Å². The Balaban J connectivity index is 2.22. The first-order chi connectivity index (χ1) is 7.58. The Kier molecular flexibility index (Phi) is 2.57. The number of carbonyl (C=O) groups excluding carboxylic acids is 1. The van der Waals surface area contributed by atoms with Crippen molar-refractivity contribution in [3.63, 3.8) is 0 Å². The van der Waals surface area contributed by atoms with E-state index in [0.717, 1.165) is 5.56 Å². The molecule has 6 nitrogen and oxygen atoms in total. The van der Waals surface area contributed by atoms with E-state index in [2.05, 4.69) is 5.32 Å². The van der Waals surface area contributed by atoms with Crippen molar-refractivity contribution in [3.05, 3.63) is 39.9 Å². The third-order valence-corrected chi connectivity index (χ3v) is 2.55. The van der Waals surface area contributed by atoms with Crippen molar-refractivity contribution >= 4 is 11.6 Å². The van der Waals surface area contributed by atoms with Gasteiger partial charge in [-0.2, -0.15) is 0 Å². The zero-order valence-electron chi connectivity index (χ0n) is 8.71. The summed E-state index contributed by atoms with van der Waals surface area (Å²) in [5, 5.41) is 13.3. The van der Waals surface area contributed by atoms with Crippen molar-refractivity contribution in [2.24, 2.45) is 0 Å². The lowest BCUT2D eigenvalue weighted by molar-refractivity contribution is -0.384. The van der Waals surface area contributed by atoms with Gasteiger partial charge in [-0.1, -0.05) is 0 Å². The molecule has 1 aromatic carbocycles. The molecule has 6 heteroatoms. The number of likely N-dealkylation sites (N-methyl/N-ethyl adjacent to an activating group) is 1. The van der Waals surface area contributed by atoms with Crippen molar-refractivity contribution < 1.29 is 9.72 Å². The highest BCUT2D eigenvalue weighted by atomic mass is 16.6. The summed E-state index contributed by atoms with van der Waals surface area (Å²) in [6, 6.07) is 6.19. The molecule has 1 aliphatic heterocycles. The van der Waals surface area contributed by atoms with Crippen LogP contribution in [0.5, 0.6) is 0 Å². The Hall–Kier alpha value is -1.95. The smallest absolute Gasteiger partial charge is 0.269 e. The van der Waals surface area contributed by atoms with Gasteiger partial charge in [0.2, 0.25) is 5.91 Å². The Bertz CT molecular complexity index is 429. The molecule has 16 heavy (non-hydrogen) atoms. The topological polar surface area (TPSA) is 75.5 Å². The fraction of sp³-hybridized carbons (Fsp3) is 0.300. The third-order valence-electron chi connectivity index (χ3n) is 2.55. The molecule has 0 bridgehead atoms. The minimum absolute atomic E-state index is 0.0362. The molecule has 2 rings (SSSR count). The summed E-state index contributed by atoms with van der Waals surface area (Å²) < 4.78 is 0. The van der Waals surface area contributed by atoms with Crippen LogP contribution in [0.4, 0.5) is 5.69 Å². The Labute approximate surface area is 92.0 Å². The maximum atomic E-state index is 11.2. The lowest BCUT2D eigenvalue weighted by Gasteiger charge is -2.18. The van der Waals surface area contributed by atoms with Crippen molar-refractivity contribution in [2.45, 2.75) is 6.17 Å². The first kappa shape index (κ1) is 10.6. The predicted octanol–water partition coefficient (Wildman–Crippen LogP) is 0.655. The SMILES string of the molecule is CN1CC(=O)NC1c1ccc([N+](=O)[O-])cc1. The molecule has 1 aliphatic rings. The molecule has 84 valence electrons. The zero-order chi connectivity index (χ0) is 11.7. The van der Waals surface area contributed by atoms with Gasteiger partial charge in [-0.15, -0.1) is 0 Å². The summed E-state index contributed by atoms with van der Waals surface area (Å²) in [4.78, 5) is 23.0. The molecule has 1 fully saturated rings. The third kappa shape index (κ3) is 1.87. The van der Waals surface area contributed by atoms with Crippen LogP contribution in [0.15, 0.2) is 24.3 Å². The molecule has 0 aromatic heterocycles. The maximum absolute atomic E-state index is 11.2. The Morgan fingerprint density at radius 3 is 2.50 bits per heavy atom. The summed E-state index contributed by atoms with van der Waals surface area (Å²) in [6.45, 7) is 0.349. The van der Waals surface area contributed by atoms with Gasteiger partial charge < -0.3 is 5.32 Å². The number of nitro benzene ring substituents is 1. The number of non-ortho nitro benzene ring substituents is 1. The highest BCUT2D eigenvalue weighted by Gasteiger charge is 2.27. The number of amides is 1. The molecule has 1 saturated heterocycles. The van der Waals surface area contributed by atoms with Crippen LogP contribution in [0.1, 0.15) is 11.7 Å². The number of carbonyl (C=O) groups is 1. The molecule has 0 radical (unpaired) electrons. The number of nitrogens with one attached hydrogen (secondary N) is 1. The predicted molar refractivity (Wildman–Crippen MR) is 56.6 cm³/mol. The van der Waals surface area contributed by atoms with Crippen molar-refractivity contribution in [2.75, 3.05) is 13.6 Å². The van der Waals surface area contributed by atoms with Gasteiger partial charge in [0.15, 0.2) is 0 Å². The van der Waals surface area contributed by atoms with Gasteiger partial charge in [0.05, 0.1) is 11.5 Å². The molecule has 1 heterocycles. The molecular weight excluding hydrogens is 210 g/mol. The van der Waals surface area contributed by atoms with Crippen LogP contribution in [0.2, 0.25) is 0 Å². The van der Waals surface area contributed by atoms with E-state index >= 15 is 0 Å². The van der Waals surface area contributed by atoms with Crippen LogP contribution < -0.4 is 5.32 Å². The zero-order valence-corrected chi connectivity index (χ0v) is 8.71. The first-order valence-electron chi connectivity index (χ1n) is 4.82. The molecule has 1 N–H and O–H groups in total. The van der Waals surface area contributed by atoms with Crippen LogP contribution in [0.3, 0.4) is 0 Å². The molecule has 1 unspecified atom stereocenters.